The summed E-state index contributed by atoms with van der Waals surface area (Å²) in [4.78, 5) is 72.1. The molecule has 1 N–H and O–H groups in total. The van der Waals surface area contributed by atoms with E-state index in [2.05, 4.69) is 52.9 Å². The molecular weight excluding hydrogens is 823 g/mol. The number of amides is 1. The van der Waals surface area contributed by atoms with Crippen LogP contribution in [0.4, 0.5) is 0 Å². The molecule has 1 aliphatic carbocycles. The number of ether oxygens (including phenoxy) is 5. The molecule has 1 amide bonds. The highest BCUT2D eigenvalue weighted by molar-refractivity contribution is 6.74. The van der Waals surface area contributed by atoms with Gasteiger partial charge in [0.2, 0.25) is 5.79 Å². The summed E-state index contributed by atoms with van der Waals surface area (Å²) < 4.78 is 37.5. The van der Waals surface area contributed by atoms with E-state index in [0.717, 1.165) is 11.1 Å². The van der Waals surface area contributed by atoms with Gasteiger partial charge in [-0.05, 0) is 107 Å². The quantitative estimate of drug-likeness (QED) is 0.109. The van der Waals surface area contributed by atoms with Crippen molar-refractivity contribution in [2.45, 2.75) is 200 Å². The number of esters is 1. The number of nitrogens with zero attached hydrogens (tertiary/aromatic N) is 1. The van der Waals surface area contributed by atoms with Crippen LogP contribution in [0, 0.1) is 29.6 Å². The first-order valence-corrected chi connectivity index (χ1v) is 26.5. The zero-order valence-electron chi connectivity index (χ0n) is 41.0. The van der Waals surface area contributed by atoms with Gasteiger partial charge in [0.15, 0.2) is 14.1 Å². The summed E-state index contributed by atoms with van der Waals surface area (Å²) in [6.07, 6.45) is 4.97. The minimum Gasteiger partial charge on any atom is -0.456 e. The molecule has 14 heteroatoms. The number of Topliss-reactive ketones (excluding diaryl/α,β-unsaturated/α-hetero) is 3. The molecule has 0 aromatic carbocycles. The van der Waals surface area contributed by atoms with Crippen molar-refractivity contribution in [3.63, 3.8) is 0 Å². The largest absolute Gasteiger partial charge is 0.456 e. The molecule has 358 valence electrons. The first-order chi connectivity index (χ1) is 29.4. The van der Waals surface area contributed by atoms with Crippen molar-refractivity contribution in [2.24, 2.45) is 29.6 Å². The number of carbonyl (C=O) groups excluding carboxylic acids is 5. The van der Waals surface area contributed by atoms with E-state index in [1.165, 1.54) is 12.0 Å². The van der Waals surface area contributed by atoms with Gasteiger partial charge < -0.3 is 38.1 Å². The van der Waals surface area contributed by atoms with Crippen LogP contribution in [-0.4, -0.2) is 124 Å². The van der Waals surface area contributed by atoms with E-state index in [-0.39, 0.29) is 60.2 Å². The SMILES string of the molecule is CCC1C=C(C)CC(C)CC(OC)C2OC(O)(C(=O)C(=O)N3CCCCC3C(=O)OC(C(C)=CC3CCC(=O)C(OC)C3)C(C)C(O[Si](C)(C)C(C)(C)C)CC1=O)C(C)CC2OC. The predicted octanol–water partition coefficient (Wildman–Crippen LogP) is 7.71. The Bertz CT molecular complexity index is 1690. The van der Waals surface area contributed by atoms with Gasteiger partial charge >= 0.3 is 5.97 Å². The molecule has 4 rings (SSSR count). The van der Waals surface area contributed by atoms with Crippen LogP contribution < -0.4 is 0 Å². The lowest BCUT2D eigenvalue weighted by atomic mass is 9.82. The highest BCUT2D eigenvalue weighted by Gasteiger charge is 2.57. The molecule has 0 aromatic rings. The monoisotopic (exact) mass is 904 g/mol. The third kappa shape index (κ3) is 12.6. The molecule has 4 aliphatic rings. The lowest BCUT2D eigenvalue weighted by Crippen LogP contribution is -2.64. The molecule has 13 nitrogen and oxygen atoms in total. The van der Waals surface area contributed by atoms with Gasteiger partial charge in [0.05, 0.1) is 18.3 Å². The van der Waals surface area contributed by atoms with E-state index in [0.29, 0.717) is 51.4 Å². The molecule has 3 heterocycles. The van der Waals surface area contributed by atoms with Crippen molar-refractivity contribution in [3.8, 4) is 0 Å². The summed E-state index contributed by atoms with van der Waals surface area (Å²) in [5.41, 5.74) is 1.78. The Kier molecular flexibility index (Phi) is 18.7. The van der Waals surface area contributed by atoms with Gasteiger partial charge in [0.25, 0.3) is 11.7 Å². The second kappa shape index (κ2) is 22.3. The fourth-order valence-electron chi connectivity index (χ4n) is 9.92. The number of hydrogen-bond acceptors (Lipinski definition) is 12. The van der Waals surface area contributed by atoms with E-state index >= 15 is 0 Å². The molecule has 1 saturated carbocycles. The third-order valence-electron chi connectivity index (χ3n) is 14.9. The number of hydrogen-bond donors (Lipinski definition) is 1. The molecule has 0 radical (unpaired) electrons. The van der Waals surface area contributed by atoms with Crippen LogP contribution in [0.15, 0.2) is 23.3 Å². The van der Waals surface area contributed by atoms with Crippen LogP contribution in [-0.2, 0) is 52.1 Å². The number of methoxy groups -OCH3 is 3. The molecule has 0 spiro atoms. The fraction of sp³-hybridized carbons (Fsp3) is 0.816. The van der Waals surface area contributed by atoms with Crippen molar-refractivity contribution >= 4 is 37.5 Å². The van der Waals surface area contributed by atoms with Gasteiger partial charge in [-0.2, -0.15) is 0 Å². The summed E-state index contributed by atoms with van der Waals surface area (Å²) in [6, 6.07) is -1.12. The molecule has 3 aliphatic heterocycles. The highest BCUT2D eigenvalue weighted by Crippen LogP contribution is 2.42. The Morgan fingerprint density at radius 1 is 0.921 bits per heavy atom. The minimum atomic E-state index is -2.53. The minimum absolute atomic E-state index is 0.0343. The van der Waals surface area contributed by atoms with Crippen molar-refractivity contribution in [3.05, 3.63) is 23.3 Å². The first kappa shape index (κ1) is 53.0. The van der Waals surface area contributed by atoms with Crippen molar-refractivity contribution in [2.75, 3.05) is 27.9 Å². The summed E-state index contributed by atoms with van der Waals surface area (Å²) in [5.74, 6) is -6.96. The number of aliphatic hydroxyl groups is 1. The predicted molar refractivity (Wildman–Crippen MR) is 243 cm³/mol. The number of rotatable bonds is 8. The van der Waals surface area contributed by atoms with E-state index in [1.807, 2.05) is 27.7 Å². The number of fused-ring (bicyclic) bond motifs is 3. The van der Waals surface area contributed by atoms with E-state index in [9.17, 15) is 29.1 Å². The van der Waals surface area contributed by atoms with Gasteiger partial charge in [0.1, 0.15) is 30.1 Å². The Balaban J connectivity index is 1.88. The van der Waals surface area contributed by atoms with Crippen molar-refractivity contribution in [1.29, 1.82) is 0 Å². The second-order valence-corrected chi connectivity index (χ2v) is 25.6. The van der Waals surface area contributed by atoms with Gasteiger partial charge in [-0.15, -0.1) is 0 Å². The Labute approximate surface area is 378 Å². The Hall–Kier alpha value is -2.59. The number of allylic oxidation sites excluding steroid dienone is 3. The molecule has 13 unspecified atom stereocenters. The first-order valence-electron chi connectivity index (χ1n) is 23.6. The van der Waals surface area contributed by atoms with Crippen LogP contribution in [0.3, 0.4) is 0 Å². The summed E-state index contributed by atoms with van der Waals surface area (Å²) in [5, 5.41) is 12.0. The molecule has 2 saturated heterocycles. The highest BCUT2D eigenvalue weighted by atomic mass is 28.4. The molecule has 3 fully saturated rings. The van der Waals surface area contributed by atoms with Gasteiger partial charge in [-0.25, -0.2) is 4.79 Å². The summed E-state index contributed by atoms with van der Waals surface area (Å²) in [7, 11) is 2.11. The van der Waals surface area contributed by atoms with Crippen LogP contribution in [0.2, 0.25) is 18.1 Å². The maximum atomic E-state index is 14.8. The van der Waals surface area contributed by atoms with Crippen molar-refractivity contribution in [1.82, 2.24) is 4.90 Å². The number of cyclic esters (lactones) is 1. The number of piperidine rings is 1. The third-order valence-corrected chi connectivity index (χ3v) is 19.4. The molecular formula is C49H81NO12Si. The number of ketones is 3. The van der Waals surface area contributed by atoms with Crippen LogP contribution in [0.1, 0.15) is 133 Å². The fourth-order valence-corrected chi connectivity index (χ4v) is 11.3. The zero-order chi connectivity index (χ0) is 47.2. The Morgan fingerprint density at radius 3 is 2.17 bits per heavy atom. The lowest BCUT2D eigenvalue weighted by Gasteiger charge is -2.47. The maximum Gasteiger partial charge on any atom is 0.329 e. The van der Waals surface area contributed by atoms with Crippen LogP contribution >= 0.6 is 0 Å². The van der Waals surface area contributed by atoms with E-state index in [1.54, 1.807) is 21.1 Å². The van der Waals surface area contributed by atoms with E-state index in [4.69, 9.17) is 28.1 Å². The summed E-state index contributed by atoms with van der Waals surface area (Å²) >= 11 is 0. The van der Waals surface area contributed by atoms with Crippen molar-refractivity contribution < 1.29 is 57.2 Å². The van der Waals surface area contributed by atoms with Gasteiger partial charge in [-0.3, -0.25) is 19.2 Å². The topological polar surface area (TPSA) is 164 Å². The summed E-state index contributed by atoms with van der Waals surface area (Å²) in [6.45, 7) is 22.5. The normalized spacial score (nSPS) is 36.9. The average Bonchev–Trinajstić information content (AvgIpc) is 3.23. The lowest BCUT2D eigenvalue weighted by molar-refractivity contribution is -0.302. The number of carbonyl (C=O) groups is 5. The van der Waals surface area contributed by atoms with Gasteiger partial charge in [0, 0.05) is 58.5 Å². The van der Waals surface area contributed by atoms with Gasteiger partial charge in [-0.1, -0.05) is 66.2 Å². The molecule has 13 atom stereocenters. The van der Waals surface area contributed by atoms with Crippen LogP contribution in [0.5, 0.6) is 0 Å². The Morgan fingerprint density at radius 2 is 1.57 bits per heavy atom. The maximum absolute atomic E-state index is 14.8. The smallest absolute Gasteiger partial charge is 0.329 e. The zero-order valence-corrected chi connectivity index (χ0v) is 42.0. The standard InChI is InChI=1S/C49H81NO12Si/c1-15-35-23-29(2)22-30(3)24-41(58-11)44-42(59-12)26-32(5)49(56,61-44)45(53)46(54)50-21-17-16-18-36(50)47(55)60-43(31(4)25-34-19-20-37(51)40(27-34)57-10)33(6)39(28-38(35)52)62-63(13,14)48(7,8)9/h23,25,30,32-36,39-44,56H,15-22,24,26-28H2,1-14H3. The van der Waals surface area contributed by atoms with Crippen LogP contribution in [0.25, 0.3) is 0 Å². The molecule has 63 heavy (non-hydrogen) atoms. The average molecular weight is 904 g/mol. The second-order valence-electron chi connectivity index (χ2n) is 20.8. The van der Waals surface area contributed by atoms with E-state index < -0.39 is 86.3 Å². The molecule has 2 bridgehead atoms. The molecule has 0 aromatic heterocycles.